The lowest BCUT2D eigenvalue weighted by Gasteiger charge is -2.11. The number of amides is 1. The number of carboxylic acid groups (broad SMARTS) is 1. The van der Waals surface area contributed by atoms with Crippen LogP contribution in [0.2, 0.25) is 10.0 Å². The Morgan fingerprint density at radius 1 is 1.21 bits per heavy atom. The molecular weight excluding hydrogens is 357 g/mol. The minimum absolute atomic E-state index is 0.235. The highest BCUT2D eigenvalue weighted by molar-refractivity contribution is 6.35. The summed E-state index contributed by atoms with van der Waals surface area (Å²) in [6.45, 7) is 1.20. The fourth-order valence-corrected chi connectivity index (χ4v) is 2.41. The van der Waals surface area contributed by atoms with Crippen LogP contribution in [-0.4, -0.2) is 28.7 Å². The monoisotopic (exact) mass is 369 g/mol. The van der Waals surface area contributed by atoms with Crippen molar-refractivity contribution in [2.24, 2.45) is 0 Å². The summed E-state index contributed by atoms with van der Waals surface area (Å²) < 4.78 is 5.29. The van der Waals surface area contributed by atoms with Gasteiger partial charge in [-0.2, -0.15) is 0 Å². The van der Waals surface area contributed by atoms with Crippen molar-refractivity contribution in [1.82, 2.24) is 0 Å². The van der Waals surface area contributed by atoms with Crippen LogP contribution in [0.3, 0.4) is 0 Å². The largest absolute Gasteiger partial charge is 0.507 e. The summed E-state index contributed by atoms with van der Waals surface area (Å²) in [4.78, 5) is 23.0. The number of ether oxygens (including phenoxy) is 1. The number of rotatable bonds is 5. The van der Waals surface area contributed by atoms with Gasteiger partial charge in [0.15, 0.2) is 6.61 Å². The van der Waals surface area contributed by atoms with Crippen LogP contribution >= 0.6 is 23.2 Å². The van der Waals surface area contributed by atoms with Crippen LogP contribution in [0.15, 0.2) is 30.3 Å². The molecule has 8 heteroatoms. The third-order valence-corrected chi connectivity index (χ3v) is 3.60. The summed E-state index contributed by atoms with van der Waals surface area (Å²) in [5.41, 5.74) is 0.261. The van der Waals surface area contributed by atoms with Gasteiger partial charge >= 0.3 is 5.97 Å². The Labute approximate surface area is 147 Å². The maximum Gasteiger partial charge on any atom is 0.339 e. The first-order valence-electron chi connectivity index (χ1n) is 6.72. The molecule has 2 rings (SSSR count). The zero-order valence-electron chi connectivity index (χ0n) is 12.5. The lowest BCUT2D eigenvalue weighted by atomic mass is 10.1. The highest BCUT2D eigenvalue weighted by atomic mass is 35.5. The molecule has 3 N–H and O–H groups in total. The van der Waals surface area contributed by atoms with Crippen LogP contribution in [0.1, 0.15) is 15.9 Å². The molecule has 0 aliphatic rings. The molecule has 0 heterocycles. The normalized spacial score (nSPS) is 10.3. The van der Waals surface area contributed by atoms with E-state index in [1.807, 2.05) is 0 Å². The van der Waals surface area contributed by atoms with Gasteiger partial charge in [-0.25, -0.2) is 4.79 Å². The van der Waals surface area contributed by atoms with Crippen LogP contribution in [0, 0.1) is 6.92 Å². The number of aromatic carboxylic acids is 1. The molecule has 0 saturated heterocycles. The Morgan fingerprint density at radius 3 is 2.54 bits per heavy atom. The molecule has 0 fully saturated rings. The van der Waals surface area contributed by atoms with E-state index in [0.717, 1.165) is 6.07 Å². The molecular formula is C16H13Cl2NO5. The Bertz CT molecular complexity index is 807. The quantitative estimate of drug-likeness (QED) is 0.697. The SMILES string of the molecule is Cc1cc(NC(=O)COc2ccc(Cl)cc2Cl)cc(C(=O)O)c1O. The van der Waals surface area contributed by atoms with Gasteiger partial charge in [-0.3, -0.25) is 4.79 Å². The molecule has 0 bridgehead atoms. The van der Waals surface area contributed by atoms with E-state index in [2.05, 4.69) is 5.32 Å². The first-order valence-corrected chi connectivity index (χ1v) is 7.48. The third kappa shape index (κ3) is 4.31. The topological polar surface area (TPSA) is 95.9 Å². The summed E-state index contributed by atoms with van der Waals surface area (Å²) in [6.07, 6.45) is 0. The molecule has 0 unspecified atom stereocenters. The number of aryl methyl sites for hydroxylation is 1. The maximum absolute atomic E-state index is 11.9. The van der Waals surface area contributed by atoms with E-state index in [1.165, 1.54) is 25.1 Å². The lowest BCUT2D eigenvalue weighted by molar-refractivity contribution is -0.118. The Hall–Kier alpha value is -2.44. The second-order valence-electron chi connectivity index (χ2n) is 4.91. The van der Waals surface area contributed by atoms with E-state index in [-0.39, 0.29) is 28.6 Å². The number of nitrogens with one attached hydrogen (secondary N) is 1. The van der Waals surface area contributed by atoms with Crippen molar-refractivity contribution >= 4 is 40.8 Å². The van der Waals surface area contributed by atoms with Gasteiger partial charge in [0.05, 0.1) is 5.02 Å². The summed E-state index contributed by atoms with van der Waals surface area (Å²) in [5.74, 6) is -1.85. The van der Waals surface area contributed by atoms with Crippen LogP contribution in [0.5, 0.6) is 11.5 Å². The fraction of sp³-hybridized carbons (Fsp3) is 0.125. The number of carbonyl (C=O) groups is 2. The minimum Gasteiger partial charge on any atom is -0.507 e. The predicted octanol–water partition coefficient (Wildman–Crippen LogP) is 3.72. The number of benzene rings is 2. The smallest absolute Gasteiger partial charge is 0.339 e. The number of carboxylic acids is 1. The summed E-state index contributed by atoms with van der Waals surface area (Å²) in [5, 5.41) is 21.9. The fourth-order valence-electron chi connectivity index (χ4n) is 1.95. The molecule has 0 radical (unpaired) electrons. The van der Waals surface area contributed by atoms with Crippen molar-refractivity contribution in [2.75, 3.05) is 11.9 Å². The standard InChI is InChI=1S/C16H13Cl2NO5/c1-8-4-10(6-11(15(8)21)16(22)23)19-14(20)7-24-13-3-2-9(17)5-12(13)18/h2-6,21H,7H2,1H3,(H,19,20)(H,22,23). The number of aromatic hydroxyl groups is 1. The molecule has 126 valence electrons. The van der Waals surface area contributed by atoms with Crippen molar-refractivity contribution in [1.29, 1.82) is 0 Å². The second-order valence-corrected chi connectivity index (χ2v) is 5.75. The molecule has 2 aromatic carbocycles. The molecule has 0 spiro atoms. The van der Waals surface area contributed by atoms with Crippen LogP contribution in [0.25, 0.3) is 0 Å². The Morgan fingerprint density at radius 2 is 1.92 bits per heavy atom. The van der Waals surface area contributed by atoms with Gasteiger partial charge in [0.2, 0.25) is 0 Å². The molecule has 1 amide bonds. The number of phenols is 1. The van der Waals surface area contributed by atoms with E-state index in [9.17, 15) is 14.7 Å². The number of halogens is 2. The van der Waals surface area contributed by atoms with Gasteiger partial charge in [0.25, 0.3) is 5.91 Å². The van der Waals surface area contributed by atoms with Crippen LogP contribution in [0.4, 0.5) is 5.69 Å². The highest BCUT2D eigenvalue weighted by Crippen LogP contribution is 2.28. The van der Waals surface area contributed by atoms with Crippen molar-refractivity contribution in [3.63, 3.8) is 0 Å². The number of hydrogen-bond acceptors (Lipinski definition) is 4. The van der Waals surface area contributed by atoms with E-state index in [0.29, 0.717) is 16.3 Å². The summed E-state index contributed by atoms with van der Waals surface area (Å²) >= 11 is 11.7. The first kappa shape index (κ1) is 17.9. The molecule has 6 nitrogen and oxygen atoms in total. The summed E-state index contributed by atoms with van der Waals surface area (Å²) in [7, 11) is 0. The lowest BCUT2D eigenvalue weighted by Crippen LogP contribution is -2.20. The first-order chi connectivity index (χ1) is 11.3. The van der Waals surface area contributed by atoms with Gasteiger partial charge in [-0.15, -0.1) is 0 Å². The minimum atomic E-state index is -1.30. The van der Waals surface area contributed by atoms with E-state index in [4.69, 9.17) is 33.0 Å². The number of anilines is 1. The molecule has 24 heavy (non-hydrogen) atoms. The predicted molar refractivity (Wildman–Crippen MR) is 90.4 cm³/mol. The zero-order valence-corrected chi connectivity index (χ0v) is 14.0. The van der Waals surface area contributed by atoms with E-state index in [1.54, 1.807) is 6.07 Å². The average Bonchev–Trinajstić information content (AvgIpc) is 2.49. The molecule has 0 atom stereocenters. The molecule has 0 saturated carbocycles. The highest BCUT2D eigenvalue weighted by Gasteiger charge is 2.15. The van der Waals surface area contributed by atoms with E-state index < -0.39 is 11.9 Å². The van der Waals surface area contributed by atoms with E-state index >= 15 is 0 Å². The van der Waals surface area contributed by atoms with Gasteiger partial charge < -0.3 is 20.3 Å². The van der Waals surface area contributed by atoms with Crippen molar-refractivity contribution in [3.05, 3.63) is 51.5 Å². The Kier molecular flexibility index (Phi) is 5.54. The molecule has 2 aromatic rings. The number of carbonyl (C=O) groups excluding carboxylic acids is 1. The molecule has 0 aliphatic heterocycles. The van der Waals surface area contributed by atoms with Gasteiger partial charge in [0.1, 0.15) is 17.1 Å². The molecule has 0 aromatic heterocycles. The van der Waals surface area contributed by atoms with Crippen molar-refractivity contribution in [3.8, 4) is 11.5 Å². The van der Waals surface area contributed by atoms with Crippen LogP contribution in [-0.2, 0) is 4.79 Å². The zero-order chi connectivity index (χ0) is 17.9. The van der Waals surface area contributed by atoms with Crippen LogP contribution < -0.4 is 10.1 Å². The van der Waals surface area contributed by atoms with Gasteiger partial charge in [-0.1, -0.05) is 23.2 Å². The third-order valence-electron chi connectivity index (χ3n) is 3.07. The van der Waals surface area contributed by atoms with Gasteiger partial charge in [0, 0.05) is 10.7 Å². The molecule has 0 aliphatic carbocycles. The van der Waals surface area contributed by atoms with Crippen molar-refractivity contribution < 1.29 is 24.5 Å². The van der Waals surface area contributed by atoms with Gasteiger partial charge in [-0.05, 0) is 42.8 Å². The average molecular weight is 370 g/mol. The summed E-state index contributed by atoms with van der Waals surface area (Å²) in [6, 6.07) is 7.21. The maximum atomic E-state index is 11.9. The second kappa shape index (κ2) is 7.42. The van der Waals surface area contributed by atoms with Crippen molar-refractivity contribution in [2.45, 2.75) is 6.92 Å². The number of hydrogen-bond donors (Lipinski definition) is 3. The Balaban J connectivity index is 2.06.